The lowest BCUT2D eigenvalue weighted by Gasteiger charge is -2.35. The highest BCUT2D eigenvalue weighted by Gasteiger charge is 2.22. The van der Waals surface area contributed by atoms with Crippen molar-refractivity contribution >= 4 is 23.3 Å². The van der Waals surface area contributed by atoms with Crippen LogP contribution < -0.4 is 4.90 Å². The third kappa shape index (κ3) is 3.15. The second-order valence-electron chi connectivity index (χ2n) is 4.71. The topological polar surface area (TPSA) is 49.3 Å². The summed E-state index contributed by atoms with van der Waals surface area (Å²) in [4.78, 5) is 23.8. The van der Waals surface area contributed by atoms with Gasteiger partial charge in [-0.3, -0.25) is 4.79 Å². The van der Waals surface area contributed by atoms with E-state index in [1.165, 1.54) is 6.33 Å². The van der Waals surface area contributed by atoms with Gasteiger partial charge in [0, 0.05) is 38.7 Å². The molecule has 1 amide bonds. The zero-order chi connectivity index (χ0) is 13.8. The number of hydrogen-bond donors (Lipinski definition) is 0. The van der Waals surface area contributed by atoms with E-state index >= 15 is 0 Å². The highest BCUT2D eigenvalue weighted by molar-refractivity contribution is 6.30. The third-order valence-electron chi connectivity index (χ3n) is 3.39. The Morgan fingerprint density at radius 2 is 2.00 bits per heavy atom. The number of aromatic nitrogens is 2. The minimum Gasteiger partial charge on any atom is -0.353 e. The molecule has 0 aliphatic carbocycles. The van der Waals surface area contributed by atoms with E-state index in [2.05, 4.69) is 21.8 Å². The van der Waals surface area contributed by atoms with Crippen LogP contribution in [0.25, 0.3) is 0 Å². The van der Waals surface area contributed by atoms with Crippen molar-refractivity contribution in [3.8, 4) is 0 Å². The lowest BCUT2D eigenvalue weighted by Crippen LogP contribution is -2.48. The first-order valence-electron chi connectivity index (χ1n) is 6.63. The summed E-state index contributed by atoms with van der Waals surface area (Å²) >= 11 is 6.16. The summed E-state index contributed by atoms with van der Waals surface area (Å²) in [6, 6.07) is 0. The molecule has 0 atom stereocenters. The van der Waals surface area contributed by atoms with Gasteiger partial charge in [-0.2, -0.15) is 0 Å². The molecule has 1 aromatic rings. The Morgan fingerprint density at radius 1 is 1.32 bits per heavy atom. The van der Waals surface area contributed by atoms with Crippen LogP contribution in [-0.2, 0) is 11.2 Å². The van der Waals surface area contributed by atoms with Crippen LogP contribution in [0.1, 0.15) is 25.8 Å². The maximum absolute atomic E-state index is 11.3. The summed E-state index contributed by atoms with van der Waals surface area (Å²) in [5.41, 5.74) is 1.02. The molecule has 19 heavy (non-hydrogen) atoms. The van der Waals surface area contributed by atoms with E-state index in [9.17, 15) is 4.79 Å². The number of carbonyl (C=O) groups is 1. The molecule has 104 valence electrons. The quantitative estimate of drug-likeness (QED) is 0.793. The number of nitrogens with zero attached hydrogens (tertiary/aromatic N) is 4. The van der Waals surface area contributed by atoms with Crippen LogP contribution in [0.3, 0.4) is 0 Å². The van der Waals surface area contributed by atoms with Crippen LogP contribution in [0.4, 0.5) is 5.82 Å². The van der Waals surface area contributed by atoms with Crippen molar-refractivity contribution in [3.63, 3.8) is 0 Å². The lowest BCUT2D eigenvalue weighted by molar-refractivity contribution is -0.129. The Bertz CT molecular complexity index is 458. The molecule has 2 heterocycles. The van der Waals surface area contributed by atoms with Gasteiger partial charge in [-0.15, -0.1) is 0 Å². The maximum Gasteiger partial charge on any atom is 0.219 e. The Kier molecular flexibility index (Phi) is 4.58. The first-order chi connectivity index (χ1) is 9.13. The number of carbonyl (C=O) groups excluding carboxylic acids is 1. The average Bonchev–Trinajstić information content (AvgIpc) is 2.41. The van der Waals surface area contributed by atoms with Crippen molar-refractivity contribution in [2.45, 2.75) is 26.7 Å². The molecule has 1 aliphatic rings. The predicted octanol–water partition coefficient (Wildman–Crippen LogP) is 1.75. The fourth-order valence-corrected chi connectivity index (χ4v) is 2.58. The van der Waals surface area contributed by atoms with E-state index in [-0.39, 0.29) is 5.91 Å². The van der Waals surface area contributed by atoms with E-state index in [0.29, 0.717) is 5.15 Å². The second kappa shape index (κ2) is 6.19. The fourth-order valence-electron chi connectivity index (χ4n) is 2.35. The van der Waals surface area contributed by atoms with Gasteiger partial charge in [0.25, 0.3) is 0 Å². The fraction of sp³-hybridized carbons (Fsp3) is 0.615. The molecule has 0 unspecified atom stereocenters. The van der Waals surface area contributed by atoms with E-state index in [1.54, 1.807) is 6.92 Å². The smallest absolute Gasteiger partial charge is 0.219 e. The molecular weight excluding hydrogens is 264 g/mol. The Hall–Kier alpha value is -1.36. The van der Waals surface area contributed by atoms with E-state index in [1.807, 2.05) is 4.90 Å². The molecule has 0 spiro atoms. The molecule has 0 bridgehead atoms. The SMILES string of the molecule is CCCc1c(Cl)ncnc1N1CCN(C(C)=O)CC1. The van der Waals surface area contributed by atoms with E-state index in [4.69, 9.17) is 11.6 Å². The van der Waals surface area contributed by atoms with Gasteiger partial charge in [0.05, 0.1) is 0 Å². The number of piperazine rings is 1. The van der Waals surface area contributed by atoms with Crippen molar-refractivity contribution in [2.24, 2.45) is 0 Å². The maximum atomic E-state index is 11.3. The Labute approximate surface area is 118 Å². The minimum atomic E-state index is 0.133. The molecule has 1 aliphatic heterocycles. The monoisotopic (exact) mass is 282 g/mol. The van der Waals surface area contributed by atoms with Crippen LogP contribution in [-0.4, -0.2) is 47.0 Å². The molecule has 6 heteroatoms. The largest absolute Gasteiger partial charge is 0.353 e. The summed E-state index contributed by atoms with van der Waals surface area (Å²) in [5, 5.41) is 0.542. The third-order valence-corrected chi connectivity index (χ3v) is 3.72. The number of amides is 1. The number of anilines is 1. The second-order valence-corrected chi connectivity index (χ2v) is 5.07. The first kappa shape index (κ1) is 14.1. The van der Waals surface area contributed by atoms with Gasteiger partial charge in [-0.1, -0.05) is 24.9 Å². The van der Waals surface area contributed by atoms with Crippen molar-refractivity contribution in [1.29, 1.82) is 0 Å². The molecule has 0 aromatic carbocycles. The molecular formula is C13H19ClN4O. The Morgan fingerprint density at radius 3 is 2.58 bits per heavy atom. The highest BCUT2D eigenvalue weighted by atomic mass is 35.5. The van der Waals surface area contributed by atoms with Gasteiger partial charge < -0.3 is 9.80 Å². The van der Waals surface area contributed by atoms with Gasteiger partial charge in [0.2, 0.25) is 5.91 Å². The zero-order valence-electron chi connectivity index (χ0n) is 11.4. The van der Waals surface area contributed by atoms with Crippen molar-refractivity contribution in [2.75, 3.05) is 31.1 Å². The zero-order valence-corrected chi connectivity index (χ0v) is 12.2. The predicted molar refractivity (Wildman–Crippen MR) is 75.5 cm³/mol. The summed E-state index contributed by atoms with van der Waals surface area (Å²) in [7, 11) is 0. The number of halogens is 1. The summed E-state index contributed by atoms with van der Waals surface area (Å²) in [6.07, 6.45) is 3.39. The molecule has 0 saturated carbocycles. The molecule has 0 radical (unpaired) electrons. The van der Waals surface area contributed by atoms with E-state index in [0.717, 1.165) is 50.4 Å². The van der Waals surface area contributed by atoms with Crippen LogP contribution in [0.15, 0.2) is 6.33 Å². The highest BCUT2D eigenvalue weighted by Crippen LogP contribution is 2.25. The van der Waals surface area contributed by atoms with Gasteiger partial charge in [0.15, 0.2) is 0 Å². The van der Waals surface area contributed by atoms with Gasteiger partial charge in [-0.05, 0) is 6.42 Å². The summed E-state index contributed by atoms with van der Waals surface area (Å²) in [6.45, 7) is 6.79. The molecule has 0 N–H and O–H groups in total. The molecule has 1 aromatic heterocycles. The van der Waals surface area contributed by atoms with Crippen LogP contribution >= 0.6 is 11.6 Å². The van der Waals surface area contributed by atoms with Gasteiger partial charge >= 0.3 is 0 Å². The molecule has 1 saturated heterocycles. The van der Waals surface area contributed by atoms with Crippen LogP contribution in [0, 0.1) is 0 Å². The molecule has 1 fully saturated rings. The molecule has 5 nitrogen and oxygen atoms in total. The Balaban J connectivity index is 2.15. The van der Waals surface area contributed by atoms with Crippen molar-refractivity contribution in [1.82, 2.24) is 14.9 Å². The summed E-state index contributed by atoms with van der Waals surface area (Å²) < 4.78 is 0. The first-order valence-corrected chi connectivity index (χ1v) is 7.01. The van der Waals surface area contributed by atoms with Crippen LogP contribution in [0.5, 0.6) is 0 Å². The molecule has 2 rings (SSSR count). The van der Waals surface area contributed by atoms with E-state index < -0.39 is 0 Å². The standard InChI is InChI=1S/C13H19ClN4O/c1-3-4-11-12(14)15-9-16-13(11)18-7-5-17(6-8-18)10(2)19/h9H,3-8H2,1-2H3. The minimum absolute atomic E-state index is 0.133. The van der Waals surface area contributed by atoms with Gasteiger partial charge in [-0.25, -0.2) is 9.97 Å². The summed E-state index contributed by atoms with van der Waals surface area (Å²) in [5.74, 6) is 1.05. The van der Waals surface area contributed by atoms with Crippen molar-refractivity contribution in [3.05, 3.63) is 17.0 Å². The number of rotatable bonds is 3. The van der Waals surface area contributed by atoms with Crippen LogP contribution in [0.2, 0.25) is 5.15 Å². The average molecular weight is 283 g/mol. The van der Waals surface area contributed by atoms with Crippen molar-refractivity contribution < 1.29 is 4.79 Å². The lowest BCUT2D eigenvalue weighted by atomic mass is 10.1. The normalized spacial score (nSPS) is 15.7. The van der Waals surface area contributed by atoms with Gasteiger partial charge in [0.1, 0.15) is 17.3 Å². The number of hydrogen-bond acceptors (Lipinski definition) is 4.